The topological polar surface area (TPSA) is 73.6 Å². The lowest BCUT2D eigenvalue weighted by Gasteiger charge is -2.05. The number of rotatable bonds is 1. The second-order valence-electron chi connectivity index (χ2n) is 3.36. The van der Waals surface area contributed by atoms with E-state index < -0.39 is 5.71 Å². The molecule has 0 atom stereocenters. The molecular formula is C13H7N3O. The zero-order chi connectivity index (χ0) is 12.3. The van der Waals surface area contributed by atoms with Crippen LogP contribution < -0.4 is 0 Å². The van der Waals surface area contributed by atoms with Gasteiger partial charge in [0.2, 0.25) is 5.69 Å². The minimum Gasteiger partial charge on any atom is -0.617 e. The van der Waals surface area contributed by atoms with Crippen molar-refractivity contribution in [2.24, 2.45) is 0 Å². The zero-order valence-corrected chi connectivity index (χ0v) is 8.79. The van der Waals surface area contributed by atoms with Crippen molar-refractivity contribution in [3.8, 4) is 12.1 Å². The third-order valence-electron chi connectivity index (χ3n) is 2.40. The average molecular weight is 221 g/mol. The molecule has 2 rings (SSSR count). The molecule has 0 bridgehead atoms. The standard InChI is InChI=1S/C13H7N3O/c14-8-11(9-15)16(17)13-7-3-5-10-4-1-2-6-12(10)13/h1-7H. The first-order chi connectivity index (χ1) is 8.27. The van der Waals surface area contributed by atoms with Crippen molar-refractivity contribution in [1.29, 1.82) is 10.5 Å². The Morgan fingerprint density at radius 2 is 1.65 bits per heavy atom. The molecule has 0 aliphatic rings. The Kier molecular flexibility index (Phi) is 2.72. The summed E-state index contributed by atoms with van der Waals surface area (Å²) in [6, 6.07) is 15.6. The number of nitriles is 2. The van der Waals surface area contributed by atoms with Gasteiger partial charge in [-0.1, -0.05) is 30.3 Å². The molecule has 80 valence electrons. The summed E-state index contributed by atoms with van der Waals surface area (Å²) in [6.45, 7) is 0. The molecule has 4 heteroatoms. The predicted octanol–water partition coefficient (Wildman–Crippen LogP) is 2.47. The molecule has 0 spiro atoms. The molecule has 0 fully saturated rings. The number of benzene rings is 2. The van der Waals surface area contributed by atoms with Crippen molar-refractivity contribution < 1.29 is 4.74 Å². The van der Waals surface area contributed by atoms with Gasteiger partial charge in [0.1, 0.15) is 0 Å². The molecule has 2 aromatic rings. The molecule has 0 aliphatic heterocycles. The van der Waals surface area contributed by atoms with Gasteiger partial charge >= 0.3 is 5.71 Å². The van der Waals surface area contributed by atoms with Crippen LogP contribution in [0.3, 0.4) is 0 Å². The molecule has 0 N–H and O–H groups in total. The highest BCUT2D eigenvalue weighted by molar-refractivity contribution is 6.07. The molecule has 0 saturated heterocycles. The largest absolute Gasteiger partial charge is 0.617 e. The van der Waals surface area contributed by atoms with Gasteiger partial charge in [0.15, 0.2) is 12.1 Å². The van der Waals surface area contributed by atoms with Gasteiger partial charge in [-0.05, 0) is 11.5 Å². The van der Waals surface area contributed by atoms with E-state index in [0.29, 0.717) is 15.8 Å². The lowest BCUT2D eigenvalue weighted by atomic mass is 10.1. The second-order valence-corrected chi connectivity index (χ2v) is 3.36. The Bertz CT molecular complexity index is 668. The lowest BCUT2D eigenvalue weighted by Crippen LogP contribution is -2.07. The highest BCUT2D eigenvalue weighted by Gasteiger charge is 2.13. The summed E-state index contributed by atoms with van der Waals surface area (Å²) in [7, 11) is 0. The van der Waals surface area contributed by atoms with Crippen molar-refractivity contribution in [2.75, 3.05) is 0 Å². The third kappa shape index (κ3) is 1.80. The second kappa shape index (κ2) is 4.34. The quantitative estimate of drug-likeness (QED) is 0.321. The molecule has 17 heavy (non-hydrogen) atoms. The summed E-state index contributed by atoms with van der Waals surface area (Å²) < 4.78 is 0.363. The van der Waals surface area contributed by atoms with E-state index in [1.54, 1.807) is 36.4 Å². The van der Waals surface area contributed by atoms with Crippen molar-refractivity contribution in [3.63, 3.8) is 0 Å². The molecule has 0 heterocycles. The molecule has 4 nitrogen and oxygen atoms in total. The van der Waals surface area contributed by atoms with Gasteiger partial charge in [-0.15, -0.1) is 4.74 Å². The number of fused-ring (bicyclic) bond motifs is 1. The molecule has 0 amide bonds. The van der Waals surface area contributed by atoms with Gasteiger partial charge in [-0.2, -0.15) is 10.5 Å². The maximum absolute atomic E-state index is 11.9. The van der Waals surface area contributed by atoms with Gasteiger partial charge in [-0.3, -0.25) is 0 Å². The monoisotopic (exact) mass is 221 g/mol. The Morgan fingerprint density at radius 1 is 1.00 bits per heavy atom. The van der Waals surface area contributed by atoms with Crippen LogP contribution in [0.4, 0.5) is 5.69 Å². The summed E-state index contributed by atoms with van der Waals surface area (Å²) in [6.07, 6.45) is 0. The van der Waals surface area contributed by atoms with E-state index >= 15 is 0 Å². The molecule has 2 aromatic carbocycles. The van der Waals surface area contributed by atoms with Gasteiger partial charge in [0, 0.05) is 6.07 Å². The number of hydrogen-bond donors (Lipinski definition) is 0. The summed E-state index contributed by atoms with van der Waals surface area (Å²) in [5.41, 5.74) is -0.164. The van der Waals surface area contributed by atoms with E-state index in [4.69, 9.17) is 10.5 Å². The number of hydrogen-bond acceptors (Lipinski definition) is 3. The summed E-state index contributed by atoms with van der Waals surface area (Å²) in [5, 5.41) is 30.8. The van der Waals surface area contributed by atoms with E-state index in [0.717, 1.165) is 5.39 Å². The molecule has 0 aliphatic carbocycles. The summed E-state index contributed by atoms with van der Waals surface area (Å²) in [4.78, 5) is 0. The Labute approximate surface area is 97.8 Å². The highest BCUT2D eigenvalue weighted by atomic mass is 16.5. The van der Waals surface area contributed by atoms with Crippen LogP contribution in [0.15, 0.2) is 42.5 Å². The van der Waals surface area contributed by atoms with Crippen LogP contribution in [0.2, 0.25) is 0 Å². The van der Waals surface area contributed by atoms with E-state index in [-0.39, 0.29) is 0 Å². The smallest absolute Gasteiger partial charge is 0.373 e. The number of nitrogens with zero attached hydrogens (tertiary/aromatic N) is 3. The molecule has 0 radical (unpaired) electrons. The maximum atomic E-state index is 11.9. The Morgan fingerprint density at radius 3 is 2.35 bits per heavy atom. The van der Waals surface area contributed by atoms with E-state index in [1.807, 2.05) is 18.2 Å². The summed E-state index contributed by atoms with van der Waals surface area (Å²) >= 11 is 0. The minimum atomic E-state index is -0.471. The fourth-order valence-electron chi connectivity index (χ4n) is 1.62. The van der Waals surface area contributed by atoms with Crippen LogP contribution >= 0.6 is 0 Å². The minimum absolute atomic E-state index is 0.307. The Hall–Kier alpha value is -2.85. The van der Waals surface area contributed by atoms with Crippen molar-refractivity contribution in [2.45, 2.75) is 0 Å². The normalized spacial score (nSPS) is 9.29. The van der Waals surface area contributed by atoms with E-state index in [2.05, 4.69) is 0 Å². The average Bonchev–Trinajstić information content (AvgIpc) is 2.39. The molecule has 0 aromatic heterocycles. The van der Waals surface area contributed by atoms with Gasteiger partial charge < -0.3 is 5.21 Å². The van der Waals surface area contributed by atoms with Crippen LogP contribution in [0, 0.1) is 27.9 Å². The van der Waals surface area contributed by atoms with Crippen LogP contribution in [0.1, 0.15) is 0 Å². The zero-order valence-electron chi connectivity index (χ0n) is 8.79. The first kappa shape index (κ1) is 10.7. The molecule has 0 unspecified atom stereocenters. The summed E-state index contributed by atoms with van der Waals surface area (Å²) in [5.74, 6) is 0. The van der Waals surface area contributed by atoms with Crippen molar-refractivity contribution in [1.82, 2.24) is 0 Å². The van der Waals surface area contributed by atoms with Crippen LogP contribution in [-0.2, 0) is 0 Å². The first-order valence-corrected chi connectivity index (χ1v) is 4.90. The maximum Gasteiger partial charge on any atom is 0.373 e. The molecule has 0 saturated carbocycles. The Balaban J connectivity index is 2.78. The third-order valence-corrected chi connectivity index (χ3v) is 2.40. The van der Waals surface area contributed by atoms with Crippen molar-refractivity contribution in [3.05, 3.63) is 47.7 Å². The van der Waals surface area contributed by atoms with Crippen LogP contribution in [0.5, 0.6) is 0 Å². The first-order valence-electron chi connectivity index (χ1n) is 4.90. The van der Waals surface area contributed by atoms with Gasteiger partial charge in [0.05, 0.1) is 5.39 Å². The molecular weight excluding hydrogens is 214 g/mol. The van der Waals surface area contributed by atoms with Crippen LogP contribution in [-0.4, -0.2) is 10.5 Å². The van der Waals surface area contributed by atoms with E-state index in [9.17, 15) is 5.21 Å². The van der Waals surface area contributed by atoms with Crippen LogP contribution in [0.25, 0.3) is 10.8 Å². The highest BCUT2D eigenvalue weighted by Crippen LogP contribution is 2.25. The predicted molar refractivity (Wildman–Crippen MR) is 63.5 cm³/mol. The lowest BCUT2D eigenvalue weighted by molar-refractivity contribution is -0.356. The van der Waals surface area contributed by atoms with Crippen molar-refractivity contribution >= 4 is 22.2 Å². The van der Waals surface area contributed by atoms with Gasteiger partial charge in [0.25, 0.3) is 0 Å². The van der Waals surface area contributed by atoms with Gasteiger partial charge in [-0.25, -0.2) is 0 Å². The SMILES string of the molecule is N#CC(C#N)=[N+]([O-])c1cccc2ccccc12. The fraction of sp³-hybridized carbons (Fsp3) is 0. The van der Waals surface area contributed by atoms with E-state index in [1.165, 1.54) is 0 Å². The fourth-order valence-corrected chi connectivity index (χ4v) is 1.62.